The van der Waals surface area contributed by atoms with Crippen molar-refractivity contribution in [1.82, 2.24) is 4.98 Å². The molecule has 1 unspecified atom stereocenters. The molecule has 0 bridgehead atoms. The van der Waals surface area contributed by atoms with Gasteiger partial charge >= 0.3 is 0 Å². The number of rotatable bonds is 8. The van der Waals surface area contributed by atoms with Gasteiger partial charge in [0, 0.05) is 13.0 Å². The summed E-state index contributed by atoms with van der Waals surface area (Å²) in [6.07, 6.45) is 1.90. The van der Waals surface area contributed by atoms with Crippen molar-refractivity contribution in [3.05, 3.63) is 53.8 Å². The second kappa shape index (κ2) is 9.64. The summed E-state index contributed by atoms with van der Waals surface area (Å²) in [7, 11) is -3.47. The molecule has 9 heteroatoms. The second-order valence-electron chi connectivity index (χ2n) is 7.96. The van der Waals surface area contributed by atoms with Crippen LogP contribution in [-0.4, -0.2) is 44.3 Å². The molecule has 2 aromatic carbocycles. The van der Waals surface area contributed by atoms with Crippen LogP contribution in [0.1, 0.15) is 31.2 Å². The number of fused-ring (bicyclic) bond motifs is 1. The summed E-state index contributed by atoms with van der Waals surface area (Å²) in [5, 5.41) is 0.409. The number of benzene rings is 2. The van der Waals surface area contributed by atoms with Gasteiger partial charge in [0.2, 0.25) is 5.91 Å². The Balaban J connectivity index is 1.48. The van der Waals surface area contributed by atoms with Crippen molar-refractivity contribution in [3.8, 4) is 0 Å². The minimum Gasteiger partial charge on any atom is -0.376 e. The highest BCUT2D eigenvalue weighted by Gasteiger charge is 2.27. The van der Waals surface area contributed by atoms with Crippen molar-refractivity contribution >= 4 is 42.4 Å². The molecule has 1 aliphatic rings. The predicted octanol–water partition coefficient (Wildman–Crippen LogP) is 4.51. The number of halogens is 1. The lowest BCUT2D eigenvalue weighted by Gasteiger charge is -2.23. The molecule has 0 N–H and O–H groups in total. The lowest BCUT2D eigenvalue weighted by atomic mass is 10.2. The van der Waals surface area contributed by atoms with Crippen molar-refractivity contribution in [2.75, 3.05) is 23.8 Å². The average Bonchev–Trinajstić information content (AvgIpc) is 3.42. The van der Waals surface area contributed by atoms with E-state index in [-0.39, 0.29) is 41.0 Å². The van der Waals surface area contributed by atoms with Crippen LogP contribution in [0.25, 0.3) is 10.2 Å². The summed E-state index contributed by atoms with van der Waals surface area (Å²) >= 11 is 1.25. The van der Waals surface area contributed by atoms with Gasteiger partial charge in [-0.05, 0) is 50.5 Å². The van der Waals surface area contributed by atoms with Gasteiger partial charge in [-0.25, -0.2) is 17.8 Å². The van der Waals surface area contributed by atoms with E-state index in [1.54, 1.807) is 36.4 Å². The number of amides is 1. The molecule has 1 saturated heterocycles. The van der Waals surface area contributed by atoms with E-state index in [0.29, 0.717) is 23.0 Å². The van der Waals surface area contributed by atoms with Crippen molar-refractivity contribution in [3.63, 3.8) is 0 Å². The molecule has 0 aliphatic carbocycles. The van der Waals surface area contributed by atoms with Gasteiger partial charge in [-0.3, -0.25) is 9.69 Å². The molecular weight excluding hydrogens is 451 g/mol. The van der Waals surface area contributed by atoms with Gasteiger partial charge in [0.15, 0.2) is 15.0 Å². The van der Waals surface area contributed by atoms with Crippen molar-refractivity contribution in [2.45, 2.75) is 43.6 Å². The molecule has 1 aliphatic heterocycles. The van der Waals surface area contributed by atoms with Gasteiger partial charge in [0.1, 0.15) is 11.3 Å². The molecule has 32 heavy (non-hydrogen) atoms. The largest absolute Gasteiger partial charge is 0.376 e. The zero-order valence-electron chi connectivity index (χ0n) is 17.8. The number of nitrogens with zero attached hydrogens (tertiary/aromatic N) is 2. The van der Waals surface area contributed by atoms with Crippen LogP contribution < -0.4 is 4.90 Å². The molecule has 6 nitrogen and oxygen atoms in total. The molecule has 3 aromatic rings. The first kappa shape index (κ1) is 22.8. The highest BCUT2D eigenvalue weighted by molar-refractivity contribution is 7.91. The molecular formula is C23H25FN2O4S2. The molecule has 0 saturated carbocycles. The monoisotopic (exact) mass is 476 g/mol. The number of aryl methyl sites for hydroxylation is 1. The molecule has 1 fully saturated rings. The number of hydrogen-bond acceptors (Lipinski definition) is 6. The lowest BCUT2D eigenvalue weighted by Crippen LogP contribution is -2.37. The maximum atomic E-state index is 14.1. The first-order valence-corrected chi connectivity index (χ1v) is 13.1. The third kappa shape index (κ3) is 5.16. The van der Waals surface area contributed by atoms with E-state index in [1.807, 2.05) is 6.92 Å². The summed E-state index contributed by atoms with van der Waals surface area (Å²) in [4.78, 5) is 19.3. The molecule has 4 rings (SSSR count). The smallest absolute Gasteiger partial charge is 0.228 e. The summed E-state index contributed by atoms with van der Waals surface area (Å²) in [6.45, 7) is 2.87. The topological polar surface area (TPSA) is 76.6 Å². The molecule has 170 valence electrons. The molecule has 0 radical (unpaired) electrons. The van der Waals surface area contributed by atoms with Gasteiger partial charge in [-0.1, -0.05) is 35.1 Å². The fourth-order valence-electron chi connectivity index (χ4n) is 3.71. The molecule has 2 heterocycles. The molecule has 0 spiro atoms. The van der Waals surface area contributed by atoms with Crippen LogP contribution in [0.4, 0.5) is 9.52 Å². The van der Waals surface area contributed by atoms with E-state index >= 15 is 0 Å². The fourth-order valence-corrected chi connectivity index (χ4v) is 6.03. The number of carbonyl (C=O) groups is 1. The van der Waals surface area contributed by atoms with Gasteiger partial charge in [-0.15, -0.1) is 0 Å². The standard InChI is InChI=1S/C23H25FN2O4S2/c1-16-9-11-18(12-10-16)32(28,29)14-4-8-21(27)26(15-17-5-3-13-30-17)23-25-22-19(24)6-2-7-20(22)31-23/h2,6-7,9-12,17H,3-5,8,13-15H2,1H3. The number of aromatic nitrogens is 1. The maximum Gasteiger partial charge on any atom is 0.228 e. The van der Waals surface area contributed by atoms with Crippen molar-refractivity contribution < 1.29 is 22.3 Å². The quantitative estimate of drug-likeness (QED) is 0.478. The Morgan fingerprint density at radius 2 is 2.03 bits per heavy atom. The van der Waals surface area contributed by atoms with Crippen LogP contribution in [0, 0.1) is 12.7 Å². The third-order valence-electron chi connectivity index (χ3n) is 5.48. The van der Waals surface area contributed by atoms with E-state index in [1.165, 1.54) is 22.3 Å². The van der Waals surface area contributed by atoms with E-state index in [0.717, 1.165) is 18.4 Å². The first-order chi connectivity index (χ1) is 15.3. The van der Waals surface area contributed by atoms with Gasteiger partial charge in [0.05, 0.1) is 28.0 Å². The highest BCUT2D eigenvalue weighted by atomic mass is 32.2. The molecule has 1 aromatic heterocycles. The summed E-state index contributed by atoms with van der Waals surface area (Å²) in [5.41, 5.74) is 1.22. The maximum absolute atomic E-state index is 14.1. The minimum absolute atomic E-state index is 0.0518. The summed E-state index contributed by atoms with van der Waals surface area (Å²) in [6, 6.07) is 11.4. The van der Waals surface area contributed by atoms with Crippen molar-refractivity contribution in [2.24, 2.45) is 0 Å². The van der Waals surface area contributed by atoms with Gasteiger partial charge in [0.25, 0.3) is 0 Å². The predicted molar refractivity (Wildman–Crippen MR) is 123 cm³/mol. The van der Waals surface area contributed by atoms with Gasteiger partial charge in [-0.2, -0.15) is 0 Å². The normalized spacial score (nSPS) is 16.5. The lowest BCUT2D eigenvalue weighted by molar-refractivity contribution is -0.119. The SMILES string of the molecule is Cc1ccc(S(=O)(=O)CCCC(=O)N(CC2CCCO2)c2nc3c(F)cccc3s2)cc1. The zero-order chi connectivity index (χ0) is 22.7. The summed E-state index contributed by atoms with van der Waals surface area (Å²) in [5.74, 6) is -0.790. The number of sulfone groups is 1. The Labute approximate surface area is 190 Å². The molecule has 1 amide bonds. The van der Waals surface area contributed by atoms with E-state index < -0.39 is 15.7 Å². The van der Waals surface area contributed by atoms with E-state index in [2.05, 4.69) is 4.98 Å². The number of hydrogen-bond donors (Lipinski definition) is 0. The van der Waals surface area contributed by atoms with Crippen LogP contribution >= 0.6 is 11.3 Å². The third-order valence-corrected chi connectivity index (χ3v) is 8.34. The number of para-hydroxylation sites is 1. The van der Waals surface area contributed by atoms with E-state index in [9.17, 15) is 17.6 Å². The number of thiazole rings is 1. The van der Waals surface area contributed by atoms with Crippen LogP contribution in [0.2, 0.25) is 0 Å². The number of ether oxygens (including phenoxy) is 1. The Hall–Kier alpha value is -2.36. The Morgan fingerprint density at radius 1 is 1.25 bits per heavy atom. The Bertz CT molecular complexity index is 1200. The van der Waals surface area contributed by atoms with Crippen LogP contribution in [0.15, 0.2) is 47.4 Å². The zero-order valence-corrected chi connectivity index (χ0v) is 19.4. The second-order valence-corrected chi connectivity index (χ2v) is 11.1. The minimum atomic E-state index is -3.47. The average molecular weight is 477 g/mol. The van der Waals surface area contributed by atoms with Crippen LogP contribution in [0.5, 0.6) is 0 Å². The highest BCUT2D eigenvalue weighted by Crippen LogP contribution is 2.31. The van der Waals surface area contributed by atoms with Gasteiger partial charge < -0.3 is 4.74 Å². The van der Waals surface area contributed by atoms with Crippen LogP contribution in [-0.2, 0) is 19.4 Å². The van der Waals surface area contributed by atoms with Crippen LogP contribution in [0.3, 0.4) is 0 Å². The first-order valence-electron chi connectivity index (χ1n) is 10.6. The Kier molecular flexibility index (Phi) is 6.88. The number of anilines is 1. The van der Waals surface area contributed by atoms with E-state index in [4.69, 9.17) is 4.74 Å². The Morgan fingerprint density at radius 3 is 2.72 bits per heavy atom. The fraction of sp³-hybridized carbons (Fsp3) is 0.391. The summed E-state index contributed by atoms with van der Waals surface area (Å²) < 4.78 is 45.7. The molecule has 1 atom stereocenters. The van der Waals surface area contributed by atoms with Crippen molar-refractivity contribution in [1.29, 1.82) is 0 Å². The number of carbonyl (C=O) groups excluding carboxylic acids is 1.